The molecule has 1 aliphatic rings. The van der Waals surface area contributed by atoms with Crippen molar-refractivity contribution in [2.75, 3.05) is 19.7 Å². The second kappa shape index (κ2) is 7.09. The average molecular weight is 338 g/mol. The molecule has 0 spiro atoms. The van der Waals surface area contributed by atoms with E-state index in [9.17, 15) is 4.79 Å². The zero-order valence-corrected chi connectivity index (χ0v) is 13.4. The zero-order valence-electron chi connectivity index (χ0n) is 11.9. The summed E-state index contributed by atoms with van der Waals surface area (Å²) in [4.78, 5) is 18.2. The lowest BCUT2D eigenvalue weighted by atomic mass is 10.1. The number of hydrogen-bond donors (Lipinski definition) is 1. The van der Waals surface area contributed by atoms with Gasteiger partial charge in [-0.05, 0) is 6.07 Å². The van der Waals surface area contributed by atoms with Crippen LogP contribution in [0.25, 0.3) is 0 Å². The van der Waals surface area contributed by atoms with Crippen LogP contribution in [0.1, 0.15) is 16.7 Å². The maximum absolute atomic E-state index is 12.3. The van der Waals surface area contributed by atoms with Gasteiger partial charge in [0.15, 0.2) is 0 Å². The van der Waals surface area contributed by atoms with Gasteiger partial charge in [0.1, 0.15) is 11.1 Å². The summed E-state index contributed by atoms with van der Waals surface area (Å²) in [5.74, 6) is 0. The van der Waals surface area contributed by atoms with Crippen molar-refractivity contribution < 1.29 is 9.53 Å². The van der Waals surface area contributed by atoms with Gasteiger partial charge in [0.2, 0.25) is 0 Å². The summed E-state index contributed by atoms with van der Waals surface area (Å²) in [6, 6.07) is 7.47. The number of urea groups is 1. The molecule has 3 rings (SSSR count). The Hall–Kier alpha value is -1.63. The molecule has 1 aromatic carbocycles. The van der Waals surface area contributed by atoms with Crippen molar-refractivity contribution in [3.05, 3.63) is 51.4 Å². The average Bonchev–Trinajstić information content (AvgIpc) is 3.06. The number of morpholine rings is 1. The quantitative estimate of drug-likeness (QED) is 0.936. The van der Waals surface area contributed by atoms with E-state index < -0.39 is 0 Å². The number of ether oxygens (including phenoxy) is 1. The smallest absolute Gasteiger partial charge is 0.317 e. The van der Waals surface area contributed by atoms with Gasteiger partial charge in [-0.1, -0.05) is 29.8 Å². The van der Waals surface area contributed by atoms with Crippen LogP contribution in [-0.2, 0) is 11.3 Å². The maximum atomic E-state index is 12.3. The van der Waals surface area contributed by atoms with Crippen LogP contribution in [0.4, 0.5) is 4.79 Å². The molecule has 116 valence electrons. The molecular weight excluding hydrogens is 322 g/mol. The standard InChI is InChI=1S/C15H16ClN3O2S/c16-12-4-2-1-3-11(12)13-10-19(6-7-21-13)15(20)18-9-14-17-5-8-22-14/h1-5,8,13H,6-7,9-10H2,(H,18,20)/t13-/m0/s1. The molecule has 2 heterocycles. The highest BCUT2D eigenvalue weighted by atomic mass is 35.5. The summed E-state index contributed by atoms with van der Waals surface area (Å²) in [6.07, 6.45) is 1.54. The van der Waals surface area contributed by atoms with Crippen molar-refractivity contribution in [3.63, 3.8) is 0 Å². The lowest BCUT2D eigenvalue weighted by Gasteiger charge is -2.33. The summed E-state index contributed by atoms with van der Waals surface area (Å²) in [6.45, 7) is 2.02. The minimum atomic E-state index is -0.187. The number of nitrogens with one attached hydrogen (secondary N) is 1. The summed E-state index contributed by atoms with van der Waals surface area (Å²) >= 11 is 7.73. The molecule has 1 aromatic heterocycles. The van der Waals surface area contributed by atoms with E-state index in [1.165, 1.54) is 11.3 Å². The van der Waals surface area contributed by atoms with E-state index in [0.29, 0.717) is 31.3 Å². The van der Waals surface area contributed by atoms with Crippen molar-refractivity contribution in [2.24, 2.45) is 0 Å². The van der Waals surface area contributed by atoms with E-state index in [1.54, 1.807) is 11.1 Å². The molecule has 2 amide bonds. The maximum Gasteiger partial charge on any atom is 0.317 e. The van der Waals surface area contributed by atoms with E-state index in [-0.39, 0.29) is 12.1 Å². The number of carbonyl (C=O) groups excluding carboxylic acids is 1. The van der Waals surface area contributed by atoms with Crippen LogP contribution in [0.3, 0.4) is 0 Å². The summed E-state index contributed by atoms with van der Waals surface area (Å²) in [7, 11) is 0. The third-order valence-corrected chi connectivity index (χ3v) is 4.60. The predicted octanol–water partition coefficient (Wildman–Crippen LogP) is 3.08. The molecule has 1 fully saturated rings. The number of thiazole rings is 1. The van der Waals surface area contributed by atoms with Crippen LogP contribution in [0.15, 0.2) is 35.8 Å². The van der Waals surface area contributed by atoms with Gasteiger partial charge in [0.05, 0.1) is 19.7 Å². The van der Waals surface area contributed by atoms with Gasteiger partial charge in [-0.3, -0.25) is 0 Å². The van der Waals surface area contributed by atoms with Gasteiger partial charge < -0.3 is 15.0 Å². The van der Waals surface area contributed by atoms with Gasteiger partial charge in [-0.2, -0.15) is 0 Å². The van der Waals surface area contributed by atoms with Crippen molar-refractivity contribution in [1.82, 2.24) is 15.2 Å². The van der Waals surface area contributed by atoms with Crippen molar-refractivity contribution in [3.8, 4) is 0 Å². The normalized spacial score (nSPS) is 18.2. The zero-order chi connectivity index (χ0) is 15.4. The molecule has 5 nitrogen and oxygen atoms in total. The number of benzene rings is 1. The Morgan fingerprint density at radius 3 is 3.14 bits per heavy atom. The number of rotatable bonds is 3. The molecule has 1 aliphatic heterocycles. The topological polar surface area (TPSA) is 54.5 Å². The summed E-state index contributed by atoms with van der Waals surface area (Å²) < 4.78 is 5.76. The first-order valence-corrected chi connectivity index (χ1v) is 8.27. The predicted molar refractivity (Wildman–Crippen MR) is 86.1 cm³/mol. The Labute approximate surface area is 137 Å². The fourth-order valence-electron chi connectivity index (χ4n) is 2.36. The molecule has 1 atom stereocenters. The number of aromatic nitrogens is 1. The lowest BCUT2D eigenvalue weighted by molar-refractivity contribution is -0.0154. The van der Waals surface area contributed by atoms with Crippen molar-refractivity contribution in [1.29, 1.82) is 0 Å². The molecule has 0 bridgehead atoms. The Bertz CT molecular complexity index is 635. The van der Waals surface area contributed by atoms with Crippen molar-refractivity contribution >= 4 is 29.0 Å². The summed E-state index contributed by atoms with van der Waals surface area (Å²) in [5, 5.41) is 6.34. The molecular formula is C15H16ClN3O2S. The van der Waals surface area contributed by atoms with Gasteiger partial charge in [-0.25, -0.2) is 9.78 Å². The molecule has 22 heavy (non-hydrogen) atoms. The number of hydrogen-bond acceptors (Lipinski definition) is 4. The SMILES string of the molecule is O=C(NCc1nccs1)N1CCO[C@H](c2ccccc2Cl)C1. The monoisotopic (exact) mass is 337 g/mol. The molecule has 1 saturated heterocycles. The van der Waals surface area contributed by atoms with Crippen molar-refractivity contribution in [2.45, 2.75) is 12.6 Å². The molecule has 1 N–H and O–H groups in total. The highest BCUT2D eigenvalue weighted by molar-refractivity contribution is 7.09. The van der Waals surface area contributed by atoms with Gasteiger partial charge in [-0.15, -0.1) is 11.3 Å². The third kappa shape index (κ3) is 3.58. The fourth-order valence-corrected chi connectivity index (χ4v) is 3.17. The minimum Gasteiger partial charge on any atom is -0.370 e. The van der Waals surface area contributed by atoms with Crippen LogP contribution in [0.5, 0.6) is 0 Å². The molecule has 0 saturated carbocycles. The third-order valence-electron chi connectivity index (χ3n) is 3.48. The van der Waals surface area contributed by atoms with Gasteiger partial charge in [0, 0.05) is 28.7 Å². The number of carbonyl (C=O) groups is 1. The minimum absolute atomic E-state index is 0.101. The molecule has 0 aliphatic carbocycles. The first-order chi connectivity index (χ1) is 10.7. The van der Waals surface area contributed by atoms with Gasteiger partial charge >= 0.3 is 6.03 Å². The Morgan fingerprint density at radius 2 is 2.36 bits per heavy atom. The summed E-state index contributed by atoms with van der Waals surface area (Å²) in [5.41, 5.74) is 0.918. The highest BCUT2D eigenvalue weighted by Gasteiger charge is 2.26. The molecule has 7 heteroatoms. The fraction of sp³-hybridized carbons (Fsp3) is 0.333. The number of halogens is 1. The number of nitrogens with zero attached hydrogens (tertiary/aromatic N) is 2. The van der Waals surface area contributed by atoms with Crippen LogP contribution in [0.2, 0.25) is 5.02 Å². The van der Waals surface area contributed by atoms with Crippen LogP contribution >= 0.6 is 22.9 Å². The van der Waals surface area contributed by atoms with E-state index >= 15 is 0 Å². The van der Waals surface area contributed by atoms with E-state index in [0.717, 1.165) is 10.6 Å². The Kier molecular flexibility index (Phi) is 4.92. The molecule has 2 aromatic rings. The molecule has 0 radical (unpaired) electrons. The van der Waals surface area contributed by atoms with Crippen LogP contribution < -0.4 is 5.32 Å². The Morgan fingerprint density at radius 1 is 1.50 bits per heavy atom. The second-order valence-corrected chi connectivity index (χ2v) is 6.30. The lowest BCUT2D eigenvalue weighted by Crippen LogP contribution is -2.47. The largest absolute Gasteiger partial charge is 0.370 e. The van der Waals surface area contributed by atoms with Gasteiger partial charge in [0.25, 0.3) is 0 Å². The first-order valence-electron chi connectivity index (χ1n) is 7.01. The van der Waals surface area contributed by atoms with E-state index in [4.69, 9.17) is 16.3 Å². The first kappa shape index (κ1) is 15.3. The molecule has 0 unspecified atom stereocenters. The van der Waals surface area contributed by atoms with E-state index in [2.05, 4.69) is 10.3 Å². The van der Waals surface area contributed by atoms with Crippen LogP contribution in [-0.4, -0.2) is 35.6 Å². The van der Waals surface area contributed by atoms with E-state index in [1.807, 2.05) is 29.6 Å². The number of amides is 2. The second-order valence-electron chi connectivity index (χ2n) is 4.91. The highest BCUT2D eigenvalue weighted by Crippen LogP contribution is 2.28. The Balaban J connectivity index is 1.60. The van der Waals surface area contributed by atoms with Crippen LogP contribution in [0, 0.1) is 0 Å².